The summed E-state index contributed by atoms with van der Waals surface area (Å²) in [4.78, 5) is 0. The van der Waals surface area contributed by atoms with Crippen LogP contribution in [0.3, 0.4) is 0 Å². The number of hydrogen-bond donors (Lipinski definition) is 2. The first-order valence-electron chi connectivity index (χ1n) is 6.63. The fraction of sp³-hybridized carbons (Fsp3) is 1.00. The van der Waals surface area contributed by atoms with E-state index in [0.717, 1.165) is 19.3 Å². The summed E-state index contributed by atoms with van der Waals surface area (Å²) in [5, 5.41) is 0. The van der Waals surface area contributed by atoms with E-state index < -0.39 is 10.0 Å². The molecule has 1 atom stereocenters. The van der Waals surface area contributed by atoms with Crippen LogP contribution in [0.15, 0.2) is 0 Å². The molecule has 0 aromatic heterocycles. The molecule has 0 unspecified atom stereocenters. The van der Waals surface area contributed by atoms with Crippen molar-refractivity contribution in [3.63, 3.8) is 0 Å². The van der Waals surface area contributed by atoms with Crippen LogP contribution < -0.4 is 10.5 Å². The molecule has 0 aliphatic heterocycles. The second kappa shape index (κ2) is 6.71. The van der Waals surface area contributed by atoms with Crippen LogP contribution in [0.2, 0.25) is 0 Å². The molecule has 17 heavy (non-hydrogen) atoms. The van der Waals surface area contributed by atoms with Crippen LogP contribution in [0.5, 0.6) is 0 Å². The molecule has 0 saturated heterocycles. The normalized spacial score (nSPS) is 20.0. The summed E-state index contributed by atoms with van der Waals surface area (Å²) in [6.07, 6.45) is 5.26. The molecule has 102 valence electrons. The van der Waals surface area contributed by atoms with E-state index in [-0.39, 0.29) is 11.8 Å². The first-order chi connectivity index (χ1) is 7.93. The average molecular weight is 262 g/mol. The smallest absolute Gasteiger partial charge is 0.212 e. The topological polar surface area (TPSA) is 72.2 Å². The molecule has 5 heteroatoms. The lowest BCUT2D eigenvalue weighted by Gasteiger charge is -2.20. The Kier molecular flexibility index (Phi) is 5.89. The second-order valence-electron chi connectivity index (χ2n) is 5.61. The predicted molar refractivity (Wildman–Crippen MR) is 71.2 cm³/mol. The Labute approximate surface area is 105 Å². The molecule has 4 nitrogen and oxygen atoms in total. The quantitative estimate of drug-likeness (QED) is 0.730. The highest BCUT2D eigenvalue weighted by Gasteiger charge is 2.24. The molecule has 0 aromatic rings. The summed E-state index contributed by atoms with van der Waals surface area (Å²) in [6.45, 7) is 4.53. The molecule has 1 aliphatic rings. The molecular formula is C12H26N2O2S. The highest BCUT2D eigenvalue weighted by molar-refractivity contribution is 7.89. The minimum atomic E-state index is -3.15. The Hall–Kier alpha value is -0.130. The lowest BCUT2D eigenvalue weighted by Crippen LogP contribution is -2.42. The standard InChI is InChI=1S/C12H26N2O2S/c1-10(2)7-12(8-13)14-17(15,16)9-11-5-3-4-6-11/h10-12,14H,3-9,13H2,1-2H3/t12-/m0/s1. The molecule has 0 aromatic carbocycles. The maximum absolute atomic E-state index is 12.0. The fourth-order valence-corrected chi connectivity index (χ4v) is 4.30. The third kappa shape index (κ3) is 5.84. The summed E-state index contributed by atoms with van der Waals surface area (Å²) in [5.41, 5.74) is 5.61. The van der Waals surface area contributed by atoms with Gasteiger partial charge in [0.05, 0.1) is 5.75 Å². The van der Waals surface area contributed by atoms with E-state index in [9.17, 15) is 8.42 Å². The van der Waals surface area contributed by atoms with Gasteiger partial charge in [-0.25, -0.2) is 13.1 Å². The number of rotatable bonds is 7. The minimum absolute atomic E-state index is 0.110. The fourth-order valence-electron chi connectivity index (χ4n) is 2.55. The maximum atomic E-state index is 12.0. The monoisotopic (exact) mass is 262 g/mol. The molecule has 1 saturated carbocycles. The lowest BCUT2D eigenvalue weighted by atomic mass is 10.1. The zero-order valence-electron chi connectivity index (χ0n) is 11.0. The van der Waals surface area contributed by atoms with Crippen LogP contribution >= 0.6 is 0 Å². The highest BCUT2D eigenvalue weighted by atomic mass is 32.2. The van der Waals surface area contributed by atoms with Crippen molar-refractivity contribution in [3.8, 4) is 0 Å². The van der Waals surface area contributed by atoms with Crippen molar-refractivity contribution in [2.45, 2.75) is 52.0 Å². The molecule has 0 bridgehead atoms. The van der Waals surface area contributed by atoms with Crippen LogP contribution in [0.25, 0.3) is 0 Å². The van der Waals surface area contributed by atoms with Crippen LogP contribution in [0.1, 0.15) is 46.0 Å². The van der Waals surface area contributed by atoms with E-state index in [1.54, 1.807) is 0 Å². The van der Waals surface area contributed by atoms with E-state index in [2.05, 4.69) is 18.6 Å². The number of sulfonamides is 1. The number of nitrogens with one attached hydrogen (secondary N) is 1. The summed E-state index contributed by atoms with van der Waals surface area (Å²) in [6, 6.07) is -0.110. The van der Waals surface area contributed by atoms with Crippen molar-refractivity contribution in [1.29, 1.82) is 0 Å². The van der Waals surface area contributed by atoms with Gasteiger partial charge < -0.3 is 5.73 Å². The molecule has 0 amide bonds. The van der Waals surface area contributed by atoms with Gasteiger partial charge in [0.25, 0.3) is 0 Å². The first-order valence-corrected chi connectivity index (χ1v) is 8.28. The van der Waals surface area contributed by atoms with Crippen LogP contribution in [0, 0.1) is 11.8 Å². The molecule has 1 rings (SSSR count). The van der Waals surface area contributed by atoms with Gasteiger partial charge in [0.15, 0.2) is 0 Å². The Balaban J connectivity index is 2.45. The Morgan fingerprint density at radius 1 is 1.29 bits per heavy atom. The van der Waals surface area contributed by atoms with E-state index >= 15 is 0 Å². The van der Waals surface area contributed by atoms with Gasteiger partial charge in [-0.05, 0) is 31.1 Å². The van der Waals surface area contributed by atoms with Crippen molar-refractivity contribution < 1.29 is 8.42 Å². The summed E-state index contributed by atoms with van der Waals surface area (Å²) in [5.74, 6) is 1.09. The van der Waals surface area contributed by atoms with E-state index in [0.29, 0.717) is 18.4 Å². The van der Waals surface area contributed by atoms with Gasteiger partial charge in [-0.2, -0.15) is 0 Å². The molecule has 0 spiro atoms. The predicted octanol–water partition coefficient (Wildman–Crippen LogP) is 1.47. The maximum Gasteiger partial charge on any atom is 0.212 e. The van der Waals surface area contributed by atoms with Crippen molar-refractivity contribution in [1.82, 2.24) is 4.72 Å². The molecule has 0 radical (unpaired) electrons. The lowest BCUT2D eigenvalue weighted by molar-refractivity contribution is 0.461. The largest absolute Gasteiger partial charge is 0.329 e. The van der Waals surface area contributed by atoms with Crippen molar-refractivity contribution in [2.24, 2.45) is 17.6 Å². The minimum Gasteiger partial charge on any atom is -0.329 e. The van der Waals surface area contributed by atoms with Crippen LogP contribution in [-0.4, -0.2) is 26.8 Å². The van der Waals surface area contributed by atoms with Gasteiger partial charge in [-0.15, -0.1) is 0 Å². The molecule has 3 N–H and O–H groups in total. The van der Waals surface area contributed by atoms with Crippen LogP contribution in [-0.2, 0) is 10.0 Å². The van der Waals surface area contributed by atoms with Crippen molar-refractivity contribution in [2.75, 3.05) is 12.3 Å². The van der Waals surface area contributed by atoms with Gasteiger partial charge in [-0.3, -0.25) is 0 Å². The SMILES string of the molecule is CC(C)C[C@@H](CN)NS(=O)(=O)CC1CCCC1. The zero-order valence-corrected chi connectivity index (χ0v) is 11.8. The third-order valence-electron chi connectivity index (χ3n) is 3.32. The molecule has 0 heterocycles. The van der Waals surface area contributed by atoms with Crippen molar-refractivity contribution in [3.05, 3.63) is 0 Å². The molecular weight excluding hydrogens is 236 g/mol. The van der Waals surface area contributed by atoms with Gasteiger partial charge >= 0.3 is 0 Å². The Bertz CT molecular complexity index is 308. The first kappa shape index (κ1) is 14.9. The van der Waals surface area contributed by atoms with E-state index in [1.165, 1.54) is 12.8 Å². The Morgan fingerprint density at radius 2 is 1.88 bits per heavy atom. The zero-order chi connectivity index (χ0) is 12.9. The average Bonchev–Trinajstić information content (AvgIpc) is 2.67. The van der Waals surface area contributed by atoms with Crippen molar-refractivity contribution >= 4 is 10.0 Å². The highest BCUT2D eigenvalue weighted by Crippen LogP contribution is 2.25. The van der Waals surface area contributed by atoms with Gasteiger partial charge in [0.1, 0.15) is 0 Å². The second-order valence-corrected chi connectivity index (χ2v) is 7.41. The van der Waals surface area contributed by atoms with Gasteiger partial charge in [0, 0.05) is 12.6 Å². The third-order valence-corrected chi connectivity index (χ3v) is 4.92. The summed E-state index contributed by atoms with van der Waals surface area (Å²) >= 11 is 0. The molecule has 1 aliphatic carbocycles. The summed E-state index contributed by atoms with van der Waals surface area (Å²) in [7, 11) is -3.15. The van der Waals surface area contributed by atoms with Gasteiger partial charge in [-0.1, -0.05) is 26.7 Å². The molecule has 1 fully saturated rings. The Morgan fingerprint density at radius 3 is 2.35 bits per heavy atom. The van der Waals surface area contributed by atoms with E-state index in [1.807, 2.05) is 0 Å². The summed E-state index contributed by atoms with van der Waals surface area (Å²) < 4.78 is 26.7. The number of nitrogens with two attached hydrogens (primary N) is 1. The van der Waals surface area contributed by atoms with E-state index in [4.69, 9.17) is 5.73 Å². The number of hydrogen-bond acceptors (Lipinski definition) is 3. The van der Waals surface area contributed by atoms with Crippen LogP contribution in [0.4, 0.5) is 0 Å². The van der Waals surface area contributed by atoms with Gasteiger partial charge in [0.2, 0.25) is 10.0 Å².